The lowest BCUT2D eigenvalue weighted by molar-refractivity contribution is -0.131. The summed E-state index contributed by atoms with van der Waals surface area (Å²) in [7, 11) is 0. The summed E-state index contributed by atoms with van der Waals surface area (Å²) in [6.45, 7) is 6.66. The molecule has 0 aliphatic rings. The molecule has 0 aliphatic carbocycles. The molecule has 0 aromatic carbocycles. The minimum Gasteiger partial charge on any atom is -0.319 e. The van der Waals surface area contributed by atoms with Gasteiger partial charge in [0, 0.05) is 5.92 Å². The molecule has 0 amide bonds. The summed E-state index contributed by atoms with van der Waals surface area (Å²) in [4.78, 5) is 22.5. The lowest BCUT2D eigenvalue weighted by atomic mass is 9.78. The Kier molecular flexibility index (Phi) is 3.97. The maximum atomic E-state index is 11.8. The van der Waals surface area contributed by atoms with Gasteiger partial charge < -0.3 is 16.3 Å². The predicted octanol–water partition coefficient (Wildman–Crippen LogP) is 0.235. The Bertz CT molecular complexity index is 234. The highest BCUT2D eigenvalue weighted by molar-refractivity contribution is 5.93. The molecule has 0 saturated carbocycles. The zero-order valence-corrected chi connectivity index (χ0v) is 9.33. The fraction of sp³-hybridized carbons (Fsp3) is 0.800. The van der Waals surface area contributed by atoms with Crippen LogP contribution in [0.5, 0.6) is 0 Å². The molecule has 0 rings (SSSR count). The summed E-state index contributed by atoms with van der Waals surface area (Å²) in [6.07, 6.45) is 1.13. The van der Waals surface area contributed by atoms with Crippen molar-refractivity contribution < 1.29 is 9.59 Å². The highest BCUT2D eigenvalue weighted by Gasteiger charge is 2.38. The molecule has 0 heterocycles. The van der Waals surface area contributed by atoms with Gasteiger partial charge in [-0.2, -0.15) is 0 Å². The second-order valence-electron chi connectivity index (χ2n) is 4.34. The standard InChI is InChI=1S/C10H20N2O2/c1-5-9(3,11)8(14)7(2)10(4,12)6-13/h6-7H,5,11-12H2,1-4H3/t7?,9-,10-/m0/s1. The normalized spacial score (nSPS) is 21.9. The van der Waals surface area contributed by atoms with Gasteiger partial charge in [0.15, 0.2) is 5.78 Å². The second-order valence-corrected chi connectivity index (χ2v) is 4.34. The van der Waals surface area contributed by atoms with Gasteiger partial charge in [0.25, 0.3) is 0 Å². The number of nitrogens with two attached hydrogens (primary N) is 2. The minimum absolute atomic E-state index is 0.169. The van der Waals surface area contributed by atoms with Crippen molar-refractivity contribution in [1.82, 2.24) is 0 Å². The third kappa shape index (κ3) is 2.62. The molecule has 0 saturated heterocycles. The van der Waals surface area contributed by atoms with Gasteiger partial charge in [-0.3, -0.25) is 4.79 Å². The molecule has 0 fully saturated rings. The highest BCUT2D eigenvalue weighted by atomic mass is 16.1. The van der Waals surface area contributed by atoms with Crippen LogP contribution in [0.15, 0.2) is 0 Å². The molecule has 0 spiro atoms. The summed E-state index contributed by atoms with van der Waals surface area (Å²) in [5.74, 6) is -0.730. The Morgan fingerprint density at radius 3 is 2.14 bits per heavy atom. The number of carbonyl (C=O) groups excluding carboxylic acids is 2. The molecule has 82 valence electrons. The van der Waals surface area contributed by atoms with Gasteiger partial charge in [-0.1, -0.05) is 13.8 Å². The molecule has 0 aromatic rings. The first-order valence-electron chi connectivity index (χ1n) is 4.77. The average Bonchev–Trinajstić information content (AvgIpc) is 2.15. The smallest absolute Gasteiger partial charge is 0.157 e. The van der Waals surface area contributed by atoms with E-state index in [4.69, 9.17) is 11.5 Å². The number of carbonyl (C=O) groups is 2. The first-order valence-corrected chi connectivity index (χ1v) is 4.77. The van der Waals surface area contributed by atoms with E-state index in [2.05, 4.69) is 0 Å². The largest absolute Gasteiger partial charge is 0.319 e. The quantitative estimate of drug-likeness (QED) is 0.622. The van der Waals surface area contributed by atoms with Gasteiger partial charge >= 0.3 is 0 Å². The van der Waals surface area contributed by atoms with Crippen molar-refractivity contribution >= 4 is 12.1 Å². The van der Waals surface area contributed by atoms with Crippen LogP contribution in [0.4, 0.5) is 0 Å². The van der Waals surface area contributed by atoms with Crippen LogP contribution in [0.3, 0.4) is 0 Å². The molecule has 14 heavy (non-hydrogen) atoms. The van der Waals surface area contributed by atoms with Crippen LogP contribution >= 0.6 is 0 Å². The summed E-state index contributed by atoms with van der Waals surface area (Å²) in [6, 6.07) is 0. The molecular weight excluding hydrogens is 180 g/mol. The van der Waals surface area contributed by atoms with Gasteiger partial charge in [0.2, 0.25) is 0 Å². The van der Waals surface area contributed by atoms with Gasteiger partial charge in [-0.15, -0.1) is 0 Å². The van der Waals surface area contributed by atoms with Crippen molar-refractivity contribution in [3.8, 4) is 0 Å². The van der Waals surface area contributed by atoms with Crippen molar-refractivity contribution in [1.29, 1.82) is 0 Å². The SMILES string of the molecule is CC[C@](C)(N)C(=O)C(C)[C@@](C)(N)C=O. The van der Waals surface area contributed by atoms with Crippen LogP contribution in [-0.2, 0) is 9.59 Å². The number of hydrogen-bond donors (Lipinski definition) is 2. The highest BCUT2D eigenvalue weighted by Crippen LogP contribution is 2.20. The monoisotopic (exact) mass is 200 g/mol. The van der Waals surface area contributed by atoms with Crippen molar-refractivity contribution in [2.75, 3.05) is 0 Å². The molecule has 4 N–H and O–H groups in total. The number of hydrogen-bond acceptors (Lipinski definition) is 4. The Hall–Kier alpha value is -0.740. The molecule has 0 radical (unpaired) electrons. The van der Waals surface area contributed by atoms with Gasteiger partial charge in [0.05, 0.1) is 11.1 Å². The Balaban J connectivity index is 4.80. The van der Waals surface area contributed by atoms with Crippen molar-refractivity contribution in [3.05, 3.63) is 0 Å². The zero-order valence-electron chi connectivity index (χ0n) is 9.33. The van der Waals surface area contributed by atoms with Gasteiger partial charge in [0.1, 0.15) is 6.29 Å². The number of Topliss-reactive ketones (excluding diaryl/α,β-unsaturated/α-hetero) is 1. The maximum Gasteiger partial charge on any atom is 0.157 e. The second kappa shape index (κ2) is 4.19. The molecule has 0 bridgehead atoms. The van der Waals surface area contributed by atoms with E-state index in [0.717, 1.165) is 0 Å². The maximum absolute atomic E-state index is 11.8. The van der Waals surface area contributed by atoms with E-state index < -0.39 is 17.0 Å². The Labute approximate surface area is 85.0 Å². The third-order valence-electron chi connectivity index (χ3n) is 2.88. The molecule has 4 nitrogen and oxygen atoms in total. The predicted molar refractivity (Wildman–Crippen MR) is 55.7 cm³/mol. The molecule has 0 aliphatic heterocycles. The fourth-order valence-corrected chi connectivity index (χ4v) is 1.05. The number of rotatable bonds is 5. The summed E-state index contributed by atoms with van der Waals surface area (Å²) < 4.78 is 0. The van der Waals surface area contributed by atoms with E-state index in [-0.39, 0.29) is 5.78 Å². The molecular formula is C10H20N2O2. The van der Waals surface area contributed by atoms with E-state index in [1.54, 1.807) is 13.8 Å². The lowest BCUT2D eigenvalue weighted by Crippen LogP contribution is -2.56. The van der Waals surface area contributed by atoms with Crippen LogP contribution < -0.4 is 11.5 Å². The van der Waals surface area contributed by atoms with E-state index in [9.17, 15) is 9.59 Å². The van der Waals surface area contributed by atoms with Crippen LogP contribution in [-0.4, -0.2) is 23.1 Å². The topological polar surface area (TPSA) is 86.2 Å². The van der Waals surface area contributed by atoms with Crippen LogP contribution in [0.1, 0.15) is 34.1 Å². The third-order valence-corrected chi connectivity index (χ3v) is 2.88. The van der Waals surface area contributed by atoms with Crippen LogP contribution in [0.2, 0.25) is 0 Å². The molecule has 0 aromatic heterocycles. The number of ketones is 1. The van der Waals surface area contributed by atoms with E-state index in [0.29, 0.717) is 12.7 Å². The van der Waals surface area contributed by atoms with Gasteiger partial charge in [-0.25, -0.2) is 0 Å². The van der Waals surface area contributed by atoms with Crippen molar-refractivity contribution in [3.63, 3.8) is 0 Å². The summed E-state index contributed by atoms with van der Waals surface area (Å²) in [5, 5.41) is 0. The molecule has 1 unspecified atom stereocenters. The lowest BCUT2D eigenvalue weighted by Gasteiger charge is -2.31. The Morgan fingerprint density at radius 2 is 1.86 bits per heavy atom. The van der Waals surface area contributed by atoms with Crippen LogP contribution in [0.25, 0.3) is 0 Å². The number of aldehydes is 1. The van der Waals surface area contributed by atoms with E-state index in [1.165, 1.54) is 6.92 Å². The first-order chi connectivity index (χ1) is 6.19. The zero-order chi connectivity index (χ0) is 11.6. The minimum atomic E-state index is -1.13. The summed E-state index contributed by atoms with van der Waals surface area (Å²) >= 11 is 0. The van der Waals surface area contributed by atoms with Crippen molar-refractivity contribution in [2.45, 2.75) is 45.2 Å². The molecule has 3 atom stereocenters. The van der Waals surface area contributed by atoms with Crippen LogP contribution in [0, 0.1) is 5.92 Å². The first kappa shape index (κ1) is 13.3. The van der Waals surface area contributed by atoms with Gasteiger partial charge in [-0.05, 0) is 20.3 Å². The Morgan fingerprint density at radius 1 is 1.43 bits per heavy atom. The average molecular weight is 200 g/mol. The fourth-order valence-electron chi connectivity index (χ4n) is 1.05. The summed E-state index contributed by atoms with van der Waals surface area (Å²) in [5.41, 5.74) is 9.43. The van der Waals surface area contributed by atoms with Crippen molar-refractivity contribution in [2.24, 2.45) is 17.4 Å². The molecule has 4 heteroatoms. The van der Waals surface area contributed by atoms with E-state index >= 15 is 0 Å². The van der Waals surface area contributed by atoms with E-state index in [1.807, 2.05) is 6.92 Å².